The summed E-state index contributed by atoms with van der Waals surface area (Å²) in [4.78, 5) is 17.2. The van der Waals surface area contributed by atoms with E-state index in [2.05, 4.69) is 26.2 Å². The van der Waals surface area contributed by atoms with E-state index in [0.717, 1.165) is 25.9 Å². The molecule has 4 aromatic rings. The Morgan fingerprint density at radius 1 is 1.21 bits per heavy atom. The number of hydrogen-bond acceptors (Lipinski definition) is 3. The van der Waals surface area contributed by atoms with Crippen LogP contribution in [0.5, 0.6) is 0 Å². The first-order valence-corrected chi connectivity index (χ1v) is 10.9. The molecule has 3 heterocycles. The van der Waals surface area contributed by atoms with Crippen molar-refractivity contribution in [2.24, 2.45) is 0 Å². The van der Waals surface area contributed by atoms with Gasteiger partial charge in [0.2, 0.25) is 0 Å². The van der Waals surface area contributed by atoms with Gasteiger partial charge in [0.25, 0.3) is 5.91 Å². The van der Waals surface area contributed by atoms with Gasteiger partial charge >= 0.3 is 0 Å². The molecule has 4 nitrogen and oxygen atoms in total. The lowest BCUT2D eigenvalue weighted by molar-refractivity contribution is 0.0945. The number of carbonyl (C=O) groups excluding carboxylic acids is 1. The second-order valence-electron chi connectivity index (χ2n) is 6.37. The number of pyridine rings is 1. The van der Waals surface area contributed by atoms with Gasteiger partial charge in [0, 0.05) is 41.8 Å². The third kappa shape index (κ3) is 4.14. The molecule has 1 N–H and O–H groups in total. The average Bonchev–Trinajstić information content (AvgIpc) is 3.23. The van der Waals surface area contributed by atoms with Gasteiger partial charge in [-0.25, -0.2) is 0 Å². The Kier molecular flexibility index (Phi) is 5.80. The fourth-order valence-electron chi connectivity index (χ4n) is 3.14. The lowest BCUT2D eigenvalue weighted by Gasteiger charge is -2.12. The first-order chi connectivity index (χ1) is 13.6. The van der Waals surface area contributed by atoms with Crippen molar-refractivity contribution in [2.45, 2.75) is 13.0 Å². The molecule has 0 radical (unpaired) electrons. The molecule has 7 heteroatoms. The Hall–Kier alpha value is -2.15. The first-order valence-electron chi connectivity index (χ1n) is 8.80. The van der Waals surface area contributed by atoms with Crippen molar-refractivity contribution in [3.8, 4) is 0 Å². The molecular formula is C21H17BrClN3OS. The summed E-state index contributed by atoms with van der Waals surface area (Å²) in [5.74, 6) is -0.0896. The van der Waals surface area contributed by atoms with Crippen molar-refractivity contribution in [1.29, 1.82) is 0 Å². The zero-order valence-electron chi connectivity index (χ0n) is 14.9. The van der Waals surface area contributed by atoms with E-state index >= 15 is 0 Å². The minimum atomic E-state index is -0.0896. The summed E-state index contributed by atoms with van der Waals surface area (Å²) in [5, 5.41) is 5.75. The summed E-state index contributed by atoms with van der Waals surface area (Å²) in [6, 6.07) is 15.5. The topological polar surface area (TPSA) is 46.9 Å². The van der Waals surface area contributed by atoms with Crippen LogP contribution in [0.1, 0.15) is 21.7 Å². The van der Waals surface area contributed by atoms with Crippen molar-refractivity contribution in [1.82, 2.24) is 14.9 Å². The van der Waals surface area contributed by atoms with Crippen molar-refractivity contribution in [3.63, 3.8) is 0 Å². The van der Waals surface area contributed by atoms with Gasteiger partial charge < -0.3 is 9.88 Å². The second-order valence-corrected chi connectivity index (χ2v) is 8.57. The van der Waals surface area contributed by atoms with Gasteiger partial charge in [0.1, 0.15) is 5.69 Å². The van der Waals surface area contributed by atoms with Crippen LogP contribution < -0.4 is 5.32 Å². The number of halogens is 2. The number of amides is 1. The lowest BCUT2D eigenvalue weighted by Crippen LogP contribution is -2.28. The van der Waals surface area contributed by atoms with Crippen LogP contribution in [0.25, 0.3) is 10.2 Å². The Labute approximate surface area is 180 Å². The van der Waals surface area contributed by atoms with Crippen LogP contribution in [0, 0.1) is 0 Å². The van der Waals surface area contributed by atoms with Crippen molar-refractivity contribution >= 4 is 55.0 Å². The van der Waals surface area contributed by atoms with Crippen LogP contribution in [-0.2, 0) is 13.0 Å². The normalized spacial score (nSPS) is 11.1. The Morgan fingerprint density at radius 2 is 2.11 bits per heavy atom. The van der Waals surface area contributed by atoms with E-state index in [9.17, 15) is 4.79 Å². The number of benzene rings is 1. The Balaban J connectivity index is 1.58. The predicted molar refractivity (Wildman–Crippen MR) is 118 cm³/mol. The van der Waals surface area contributed by atoms with E-state index in [4.69, 9.17) is 11.6 Å². The predicted octanol–water partition coefficient (Wildman–Crippen LogP) is 5.53. The Morgan fingerprint density at radius 3 is 2.89 bits per heavy atom. The zero-order valence-corrected chi connectivity index (χ0v) is 18.0. The summed E-state index contributed by atoms with van der Waals surface area (Å²) >= 11 is 11.4. The van der Waals surface area contributed by atoms with Gasteiger partial charge in [0.15, 0.2) is 0 Å². The zero-order chi connectivity index (χ0) is 19.5. The van der Waals surface area contributed by atoms with Gasteiger partial charge in [-0.05, 0) is 51.8 Å². The maximum Gasteiger partial charge on any atom is 0.267 e. The number of aromatic nitrogens is 2. The number of rotatable bonds is 6. The van der Waals surface area contributed by atoms with Crippen molar-refractivity contribution < 1.29 is 4.79 Å². The highest BCUT2D eigenvalue weighted by Gasteiger charge is 2.19. The van der Waals surface area contributed by atoms with Crippen LogP contribution in [0.15, 0.2) is 64.6 Å². The van der Waals surface area contributed by atoms with Crippen LogP contribution in [0.3, 0.4) is 0 Å². The minimum Gasteiger partial charge on any atom is -0.350 e. The van der Waals surface area contributed by atoms with Gasteiger partial charge in [-0.1, -0.05) is 29.8 Å². The van der Waals surface area contributed by atoms with Crippen LogP contribution in [0.2, 0.25) is 5.02 Å². The Bertz CT molecular complexity index is 1120. The number of nitrogens with zero attached hydrogens (tertiary/aromatic N) is 2. The molecule has 4 rings (SSSR count). The molecular weight excluding hydrogens is 458 g/mol. The van der Waals surface area contributed by atoms with E-state index < -0.39 is 0 Å². The quantitative estimate of drug-likeness (QED) is 0.399. The molecule has 0 unspecified atom stereocenters. The third-order valence-electron chi connectivity index (χ3n) is 4.43. The molecule has 0 saturated carbocycles. The molecule has 0 atom stereocenters. The van der Waals surface area contributed by atoms with E-state index in [1.165, 1.54) is 0 Å². The molecule has 0 saturated heterocycles. The van der Waals surface area contributed by atoms with Crippen molar-refractivity contribution in [2.75, 3.05) is 6.54 Å². The third-order valence-corrected chi connectivity index (χ3v) is 6.49. The number of thiophene rings is 1. The smallest absolute Gasteiger partial charge is 0.267 e. The number of nitrogens with one attached hydrogen (secondary N) is 1. The largest absolute Gasteiger partial charge is 0.350 e. The second kappa shape index (κ2) is 8.47. The summed E-state index contributed by atoms with van der Waals surface area (Å²) < 4.78 is 4.10. The van der Waals surface area contributed by atoms with Gasteiger partial charge in [-0.2, -0.15) is 0 Å². The number of hydrogen-bond donors (Lipinski definition) is 1. The molecule has 0 bridgehead atoms. The standard InChI is InChI=1S/C21H17BrClN3OS/c22-17-13-28-19-11-18(21(27)25-9-7-16-6-1-2-8-24-16)26(20(17)19)12-14-4-3-5-15(23)10-14/h1-6,8,10-11,13H,7,9,12H2,(H,25,27). The molecule has 0 fully saturated rings. The number of fused-ring (bicyclic) bond motifs is 1. The summed E-state index contributed by atoms with van der Waals surface area (Å²) in [6.07, 6.45) is 2.46. The fraction of sp³-hybridized carbons (Fsp3) is 0.143. The summed E-state index contributed by atoms with van der Waals surface area (Å²) in [6.45, 7) is 1.11. The van der Waals surface area contributed by atoms with Crippen molar-refractivity contribution in [3.05, 3.63) is 86.6 Å². The van der Waals surface area contributed by atoms with Gasteiger partial charge in [-0.15, -0.1) is 11.3 Å². The lowest BCUT2D eigenvalue weighted by atomic mass is 10.2. The monoisotopic (exact) mass is 473 g/mol. The molecule has 0 aliphatic rings. The van der Waals surface area contributed by atoms with E-state index in [1.807, 2.05) is 58.5 Å². The molecule has 3 aromatic heterocycles. The SMILES string of the molecule is O=C(NCCc1ccccn1)c1cc2scc(Br)c2n1Cc1cccc(Cl)c1. The van der Waals surface area contributed by atoms with Gasteiger partial charge in [-0.3, -0.25) is 9.78 Å². The van der Waals surface area contributed by atoms with Gasteiger partial charge in [0.05, 0.1) is 14.7 Å². The molecule has 142 valence electrons. The summed E-state index contributed by atoms with van der Waals surface area (Å²) in [5.41, 5.74) is 3.68. The minimum absolute atomic E-state index is 0.0896. The highest BCUT2D eigenvalue weighted by molar-refractivity contribution is 9.10. The molecule has 0 spiro atoms. The first kappa shape index (κ1) is 19.2. The van der Waals surface area contributed by atoms with E-state index in [0.29, 0.717) is 30.2 Å². The highest BCUT2D eigenvalue weighted by atomic mass is 79.9. The maximum atomic E-state index is 12.9. The molecule has 28 heavy (non-hydrogen) atoms. The highest BCUT2D eigenvalue weighted by Crippen LogP contribution is 2.34. The van der Waals surface area contributed by atoms with Crippen LogP contribution >= 0.6 is 38.9 Å². The fourth-order valence-corrected chi connectivity index (χ4v) is 5.05. The molecule has 0 aliphatic heterocycles. The molecule has 0 aliphatic carbocycles. The molecule has 1 amide bonds. The van der Waals surface area contributed by atoms with Crippen LogP contribution in [0.4, 0.5) is 0 Å². The summed E-state index contributed by atoms with van der Waals surface area (Å²) in [7, 11) is 0. The maximum absolute atomic E-state index is 12.9. The average molecular weight is 475 g/mol. The van der Waals surface area contributed by atoms with Crippen LogP contribution in [-0.4, -0.2) is 22.0 Å². The number of carbonyl (C=O) groups is 1. The van der Waals surface area contributed by atoms with E-state index in [-0.39, 0.29) is 5.91 Å². The molecule has 1 aromatic carbocycles. The van der Waals surface area contributed by atoms with E-state index in [1.54, 1.807) is 17.5 Å².